The van der Waals surface area contributed by atoms with Crippen LogP contribution in [0, 0.1) is 0 Å². The van der Waals surface area contributed by atoms with Crippen LogP contribution in [0.5, 0.6) is 0 Å². The number of rotatable bonds is 6. The summed E-state index contributed by atoms with van der Waals surface area (Å²) in [6.45, 7) is -2.50. The Hall–Kier alpha value is -2.63. The van der Waals surface area contributed by atoms with Gasteiger partial charge in [-0.15, -0.1) is 0 Å². The second kappa shape index (κ2) is 8.65. The van der Waals surface area contributed by atoms with Crippen LogP contribution in [-0.4, -0.2) is 51.9 Å². The van der Waals surface area contributed by atoms with Gasteiger partial charge in [0.2, 0.25) is 0 Å². The van der Waals surface area contributed by atoms with E-state index in [2.05, 4.69) is 4.74 Å². The highest BCUT2D eigenvalue weighted by atomic mass is 32.2. The maximum atomic E-state index is 11.9. The highest BCUT2D eigenvalue weighted by Crippen LogP contribution is 2.12. The number of ether oxygens (including phenoxy) is 1. The molecular weight excluding hydrogens is 381 g/mol. The molecule has 0 bridgehead atoms. The fourth-order valence-corrected chi connectivity index (χ4v) is 2.44. The van der Waals surface area contributed by atoms with E-state index in [1.165, 1.54) is 29.6 Å². The molecule has 0 fully saturated rings. The maximum Gasteiger partial charge on any atom is 0.405 e. The van der Waals surface area contributed by atoms with E-state index in [9.17, 15) is 36.0 Å². The largest absolute Gasteiger partial charge is 0.452 e. The third kappa shape index (κ3) is 9.01. The Morgan fingerprint density at radius 1 is 1.12 bits per heavy atom. The molecule has 26 heavy (non-hydrogen) atoms. The minimum absolute atomic E-state index is 0.0246. The van der Waals surface area contributed by atoms with E-state index in [4.69, 9.17) is 0 Å². The molecule has 2 N–H and O–H groups in total. The molecule has 0 heterocycles. The van der Waals surface area contributed by atoms with Gasteiger partial charge in [-0.2, -0.15) is 13.2 Å². The number of alkyl halides is 3. The van der Waals surface area contributed by atoms with Gasteiger partial charge in [0.25, 0.3) is 5.91 Å². The first-order valence-corrected chi connectivity index (χ1v) is 9.00. The van der Waals surface area contributed by atoms with Crippen molar-refractivity contribution >= 4 is 27.7 Å². The van der Waals surface area contributed by atoms with Gasteiger partial charge in [0.1, 0.15) is 6.54 Å². The number of hydrogen-bond donors (Lipinski definition) is 2. The predicted molar refractivity (Wildman–Crippen MR) is 82.9 cm³/mol. The molecule has 0 atom stereocenters. The Morgan fingerprint density at radius 2 is 1.69 bits per heavy atom. The summed E-state index contributed by atoms with van der Waals surface area (Å²) in [6, 6.07) is 3.98. The molecule has 3 amide bonds. The Bertz CT molecular complexity index is 775. The van der Waals surface area contributed by atoms with Crippen molar-refractivity contribution < 1.29 is 40.7 Å². The summed E-state index contributed by atoms with van der Waals surface area (Å²) < 4.78 is 62.6. The molecule has 1 aromatic carbocycles. The average molecular weight is 396 g/mol. The lowest BCUT2D eigenvalue weighted by Gasteiger charge is -2.09. The molecule has 0 unspecified atom stereocenters. The highest BCUT2D eigenvalue weighted by molar-refractivity contribution is 7.89. The summed E-state index contributed by atoms with van der Waals surface area (Å²) in [5.41, 5.74) is 0.472. The van der Waals surface area contributed by atoms with Crippen molar-refractivity contribution in [3.8, 4) is 0 Å². The Kier molecular flexibility index (Phi) is 7.12. The van der Waals surface area contributed by atoms with Crippen LogP contribution in [0.1, 0.15) is 15.9 Å². The monoisotopic (exact) mass is 396 g/mol. The van der Waals surface area contributed by atoms with Crippen molar-refractivity contribution in [2.24, 2.45) is 0 Å². The molecule has 8 nitrogen and oxygen atoms in total. The van der Waals surface area contributed by atoms with Gasteiger partial charge < -0.3 is 10.1 Å². The quantitative estimate of drug-likeness (QED) is 0.686. The number of halogens is 3. The van der Waals surface area contributed by atoms with Gasteiger partial charge in [0.15, 0.2) is 16.4 Å². The van der Waals surface area contributed by atoms with E-state index >= 15 is 0 Å². The standard InChI is InChI=1S/C14H15F3N2O6S/c1-26(23,24)7-9-2-4-10(5-3-9)12(21)25-6-11(20)19-13(22)18-8-14(15,16)17/h2-5H,6-8H2,1H3,(H2,18,19,20,22). The number of amides is 3. The van der Waals surface area contributed by atoms with Crippen LogP contribution in [0.2, 0.25) is 0 Å². The Labute approximate surface area is 146 Å². The Morgan fingerprint density at radius 3 is 2.19 bits per heavy atom. The van der Waals surface area contributed by atoms with Crippen LogP contribution in [0.25, 0.3) is 0 Å². The smallest absolute Gasteiger partial charge is 0.405 e. The lowest BCUT2D eigenvalue weighted by Crippen LogP contribution is -2.44. The molecule has 0 saturated carbocycles. The summed E-state index contributed by atoms with van der Waals surface area (Å²) in [6.07, 6.45) is -3.57. The van der Waals surface area contributed by atoms with Gasteiger partial charge in [-0.1, -0.05) is 12.1 Å². The second-order valence-electron chi connectivity index (χ2n) is 5.19. The number of hydrogen-bond acceptors (Lipinski definition) is 6. The number of sulfone groups is 1. The molecule has 12 heteroatoms. The molecule has 0 spiro atoms. The number of esters is 1. The highest BCUT2D eigenvalue weighted by Gasteiger charge is 2.28. The summed E-state index contributed by atoms with van der Waals surface area (Å²) in [5, 5.41) is 2.97. The van der Waals surface area contributed by atoms with Crippen molar-refractivity contribution in [1.29, 1.82) is 0 Å². The maximum absolute atomic E-state index is 11.9. The van der Waals surface area contributed by atoms with Crippen LogP contribution in [-0.2, 0) is 25.1 Å². The van der Waals surface area contributed by atoms with Crippen LogP contribution in [0.3, 0.4) is 0 Å². The lowest BCUT2D eigenvalue weighted by atomic mass is 10.1. The number of urea groups is 1. The van der Waals surface area contributed by atoms with Crippen LogP contribution < -0.4 is 10.6 Å². The van der Waals surface area contributed by atoms with E-state index in [1.807, 2.05) is 0 Å². The van der Waals surface area contributed by atoms with Crippen molar-refractivity contribution in [2.45, 2.75) is 11.9 Å². The lowest BCUT2D eigenvalue weighted by molar-refractivity contribution is -0.125. The Balaban J connectivity index is 2.46. The first kappa shape index (κ1) is 21.4. The molecule has 0 aromatic heterocycles. The van der Waals surface area contributed by atoms with Gasteiger partial charge in [-0.05, 0) is 17.7 Å². The summed E-state index contributed by atoms with van der Waals surface area (Å²) >= 11 is 0. The minimum Gasteiger partial charge on any atom is -0.452 e. The topological polar surface area (TPSA) is 119 Å². The zero-order chi connectivity index (χ0) is 20.0. The van der Waals surface area contributed by atoms with E-state index in [0.29, 0.717) is 5.56 Å². The van der Waals surface area contributed by atoms with Crippen LogP contribution in [0.15, 0.2) is 24.3 Å². The predicted octanol–water partition coefficient (Wildman–Crippen LogP) is 0.776. The van der Waals surface area contributed by atoms with Crippen LogP contribution in [0.4, 0.5) is 18.0 Å². The summed E-state index contributed by atoms with van der Waals surface area (Å²) in [7, 11) is -3.23. The first-order chi connectivity index (χ1) is 11.9. The van der Waals surface area contributed by atoms with Gasteiger partial charge in [0, 0.05) is 6.26 Å². The molecule has 0 aliphatic rings. The summed E-state index contributed by atoms with van der Waals surface area (Å²) in [4.78, 5) is 34.1. The SMILES string of the molecule is CS(=O)(=O)Cc1ccc(C(=O)OCC(=O)NC(=O)NCC(F)(F)F)cc1. The number of nitrogens with one attached hydrogen (secondary N) is 2. The molecule has 144 valence electrons. The van der Waals surface area contributed by atoms with Gasteiger partial charge in [0.05, 0.1) is 11.3 Å². The molecule has 0 saturated heterocycles. The van der Waals surface area contributed by atoms with Crippen molar-refractivity contribution in [1.82, 2.24) is 10.6 Å². The van der Waals surface area contributed by atoms with E-state index in [-0.39, 0.29) is 11.3 Å². The zero-order valence-electron chi connectivity index (χ0n) is 13.4. The fourth-order valence-electron chi connectivity index (χ4n) is 1.64. The minimum atomic E-state index is -4.63. The number of carbonyl (C=O) groups is 3. The third-order valence-electron chi connectivity index (χ3n) is 2.66. The molecule has 0 radical (unpaired) electrons. The molecule has 0 aliphatic carbocycles. The average Bonchev–Trinajstić information content (AvgIpc) is 2.49. The van der Waals surface area contributed by atoms with E-state index in [0.717, 1.165) is 6.26 Å². The number of imide groups is 1. The fraction of sp³-hybridized carbons (Fsp3) is 0.357. The number of carbonyl (C=O) groups excluding carboxylic acids is 3. The van der Waals surface area contributed by atoms with Gasteiger partial charge >= 0.3 is 18.2 Å². The molecule has 0 aliphatic heterocycles. The third-order valence-corrected chi connectivity index (χ3v) is 3.51. The van der Waals surface area contributed by atoms with Crippen LogP contribution >= 0.6 is 0 Å². The second-order valence-corrected chi connectivity index (χ2v) is 7.33. The molecular formula is C14H15F3N2O6S. The van der Waals surface area contributed by atoms with Gasteiger partial charge in [-0.3, -0.25) is 10.1 Å². The zero-order valence-corrected chi connectivity index (χ0v) is 14.2. The van der Waals surface area contributed by atoms with E-state index in [1.54, 1.807) is 5.32 Å². The molecule has 1 aromatic rings. The van der Waals surface area contributed by atoms with Crippen molar-refractivity contribution in [3.63, 3.8) is 0 Å². The van der Waals surface area contributed by atoms with E-state index < -0.39 is 47.1 Å². The summed E-state index contributed by atoms with van der Waals surface area (Å²) in [5.74, 6) is -2.26. The van der Waals surface area contributed by atoms with Crippen molar-refractivity contribution in [2.75, 3.05) is 19.4 Å². The number of benzene rings is 1. The first-order valence-electron chi connectivity index (χ1n) is 6.94. The normalized spacial score (nSPS) is 11.5. The van der Waals surface area contributed by atoms with Gasteiger partial charge in [-0.25, -0.2) is 18.0 Å². The molecule has 1 rings (SSSR count). The van der Waals surface area contributed by atoms with Crippen molar-refractivity contribution in [3.05, 3.63) is 35.4 Å².